The van der Waals surface area contributed by atoms with Gasteiger partial charge in [0, 0.05) is 17.4 Å². The summed E-state index contributed by atoms with van der Waals surface area (Å²) in [7, 11) is 0. The summed E-state index contributed by atoms with van der Waals surface area (Å²) in [5, 5.41) is 8.09. The molecule has 1 heterocycles. The third kappa shape index (κ3) is 3.87. The van der Waals surface area contributed by atoms with Gasteiger partial charge in [0.25, 0.3) is 0 Å². The van der Waals surface area contributed by atoms with Crippen LogP contribution in [-0.4, -0.2) is 17.3 Å². The normalized spacial score (nSPS) is 17.1. The number of allylic oxidation sites excluding steroid dienone is 1. The van der Waals surface area contributed by atoms with Gasteiger partial charge in [-0.25, -0.2) is 4.79 Å². The van der Waals surface area contributed by atoms with Crippen molar-refractivity contribution in [2.24, 2.45) is 0 Å². The van der Waals surface area contributed by atoms with Crippen molar-refractivity contribution in [3.63, 3.8) is 0 Å². The fourth-order valence-electron chi connectivity index (χ4n) is 1.77. The molecule has 0 spiro atoms. The second-order valence-corrected chi connectivity index (χ2v) is 6.41. The maximum absolute atomic E-state index is 11.8. The monoisotopic (exact) mass is 290 g/mol. The van der Waals surface area contributed by atoms with Crippen molar-refractivity contribution in [3.8, 4) is 0 Å². The lowest BCUT2D eigenvalue weighted by Gasteiger charge is -2.18. The highest BCUT2D eigenvalue weighted by atomic mass is 32.2. The molecule has 0 saturated heterocycles. The summed E-state index contributed by atoms with van der Waals surface area (Å²) < 4.78 is 8.30. The molecule has 5 heteroatoms. The Bertz CT molecular complexity index is 573. The summed E-state index contributed by atoms with van der Waals surface area (Å²) >= 11 is 1.41. The Hall–Kier alpha value is -1.75. The Balaban J connectivity index is 2.16. The van der Waals surface area contributed by atoms with Crippen molar-refractivity contribution in [1.82, 2.24) is 4.72 Å². The molecule has 20 heavy (non-hydrogen) atoms. The van der Waals surface area contributed by atoms with Crippen LogP contribution < -0.4 is 4.72 Å². The topological polar surface area (TPSA) is 62.2 Å². The molecule has 0 radical (unpaired) electrons. The van der Waals surface area contributed by atoms with E-state index in [1.807, 2.05) is 45.0 Å². The van der Waals surface area contributed by atoms with E-state index in [9.17, 15) is 4.79 Å². The van der Waals surface area contributed by atoms with Crippen LogP contribution in [0.5, 0.6) is 0 Å². The molecule has 0 aliphatic carbocycles. The predicted molar refractivity (Wildman–Crippen MR) is 80.8 cm³/mol. The minimum absolute atomic E-state index is 0.383. The van der Waals surface area contributed by atoms with E-state index < -0.39 is 11.6 Å². The molecule has 2 rings (SSSR count). The van der Waals surface area contributed by atoms with E-state index in [0.29, 0.717) is 17.8 Å². The van der Waals surface area contributed by atoms with Crippen LogP contribution in [-0.2, 0) is 16.0 Å². The number of rotatable bonds is 1. The van der Waals surface area contributed by atoms with Gasteiger partial charge in [-0.2, -0.15) is 0 Å². The molecule has 0 saturated carbocycles. The largest absolute Gasteiger partial charge is 0.457 e. The Morgan fingerprint density at radius 1 is 1.40 bits per heavy atom. The average Bonchev–Trinajstić information content (AvgIpc) is 2.47. The predicted octanol–water partition coefficient (Wildman–Crippen LogP) is 3.08. The summed E-state index contributed by atoms with van der Waals surface area (Å²) in [6.07, 6.45) is 1.86. The molecular formula is C15H18N2O2S. The molecule has 0 bridgehead atoms. The molecule has 1 aromatic carbocycles. The minimum atomic E-state index is -0.531. The second kappa shape index (κ2) is 5.71. The first kappa shape index (κ1) is 14.7. The second-order valence-electron chi connectivity index (χ2n) is 5.56. The lowest BCUT2D eigenvalue weighted by molar-refractivity contribution is -0.148. The quantitative estimate of drug-likeness (QED) is 0.474. The van der Waals surface area contributed by atoms with Crippen molar-refractivity contribution >= 4 is 23.6 Å². The zero-order valence-corrected chi connectivity index (χ0v) is 12.6. The Labute approximate surface area is 123 Å². The standard InChI is InChI=1S/C15H18N2O2S/c1-15(2,3)19-14(18)9-12-11(16)8-10-6-4-5-7-13(10)20-17-12/h4-7,9,16-17H,8H2,1-3H3. The number of nitrogens with one attached hydrogen (secondary N) is 2. The molecule has 2 N–H and O–H groups in total. The minimum Gasteiger partial charge on any atom is -0.457 e. The summed E-state index contributed by atoms with van der Waals surface area (Å²) in [5.41, 5.74) is 1.44. The maximum atomic E-state index is 11.8. The van der Waals surface area contributed by atoms with Gasteiger partial charge in [-0.1, -0.05) is 18.2 Å². The third-order valence-corrected chi connectivity index (χ3v) is 3.55. The van der Waals surface area contributed by atoms with E-state index in [1.54, 1.807) is 0 Å². The molecule has 0 aromatic heterocycles. The molecule has 0 amide bonds. The van der Waals surface area contributed by atoms with Crippen LogP contribution in [0.15, 0.2) is 40.9 Å². The van der Waals surface area contributed by atoms with Gasteiger partial charge >= 0.3 is 5.97 Å². The van der Waals surface area contributed by atoms with Crippen LogP contribution in [0.3, 0.4) is 0 Å². The van der Waals surface area contributed by atoms with Crippen LogP contribution in [0.1, 0.15) is 26.3 Å². The number of esters is 1. The van der Waals surface area contributed by atoms with E-state index in [2.05, 4.69) is 4.72 Å². The van der Waals surface area contributed by atoms with Gasteiger partial charge in [-0.3, -0.25) is 0 Å². The number of hydrogen-bond donors (Lipinski definition) is 2. The zero-order chi connectivity index (χ0) is 14.8. The van der Waals surface area contributed by atoms with Crippen LogP contribution in [0.4, 0.5) is 0 Å². The van der Waals surface area contributed by atoms with Gasteiger partial charge < -0.3 is 14.9 Å². The average molecular weight is 290 g/mol. The molecule has 106 valence electrons. The SMILES string of the molecule is CC(C)(C)OC(=O)C=C1NSc2ccccc2CC1=N. The van der Waals surface area contributed by atoms with Crippen molar-refractivity contribution in [1.29, 1.82) is 5.41 Å². The zero-order valence-electron chi connectivity index (χ0n) is 11.8. The van der Waals surface area contributed by atoms with Gasteiger partial charge in [0.05, 0.1) is 11.4 Å². The van der Waals surface area contributed by atoms with E-state index >= 15 is 0 Å². The molecule has 1 aromatic rings. The summed E-state index contributed by atoms with van der Waals surface area (Å²) in [6, 6.07) is 7.90. The first-order chi connectivity index (χ1) is 9.35. The Kier molecular flexibility index (Phi) is 4.18. The van der Waals surface area contributed by atoms with Gasteiger partial charge in [-0.15, -0.1) is 0 Å². The molecule has 0 atom stereocenters. The Morgan fingerprint density at radius 3 is 2.80 bits per heavy atom. The van der Waals surface area contributed by atoms with Crippen molar-refractivity contribution in [3.05, 3.63) is 41.6 Å². The fraction of sp³-hybridized carbons (Fsp3) is 0.333. The number of carbonyl (C=O) groups is 1. The molecule has 1 aliphatic rings. The molecule has 4 nitrogen and oxygen atoms in total. The van der Waals surface area contributed by atoms with E-state index in [4.69, 9.17) is 10.1 Å². The number of hydrogen-bond acceptors (Lipinski definition) is 5. The van der Waals surface area contributed by atoms with Gasteiger partial charge in [0.15, 0.2) is 0 Å². The Morgan fingerprint density at radius 2 is 2.10 bits per heavy atom. The van der Waals surface area contributed by atoms with Crippen LogP contribution in [0.25, 0.3) is 0 Å². The smallest absolute Gasteiger partial charge is 0.333 e. The van der Waals surface area contributed by atoms with E-state index in [1.165, 1.54) is 18.0 Å². The van der Waals surface area contributed by atoms with Gasteiger partial charge in [-0.05, 0) is 44.3 Å². The lowest BCUT2D eigenvalue weighted by atomic mass is 10.1. The maximum Gasteiger partial charge on any atom is 0.333 e. The van der Waals surface area contributed by atoms with Crippen LogP contribution in [0, 0.1) is 5.41 Å². The number of fused-ring (bicyclic) bond motifs is 1. The van der Waals surface area contributed by atoms with Gasteiger partial charge in [0.2, 0.25) is 0 Å². The summed E-state index contributed by atoms with van der Waals surface area (Å²) in [6.45, 7) is 5.46. The highest BCUT2D eigenvalue weighted by Crippen LogP contribution is 2.26. The van der Waals surface area contributed by atoms with Crippen LogP contribution >= 0.6 is 11.9 Å². The molecule has 1 aliphatic heterocycles. The summed E-state index contributed by atoms with van der Waals surface area (Å²) in [4.78, 5) is 12.9. The van der Waals surface area contributed by atoms with Crippen molar-refractivity contribution < 1.29 is 9.53 Å². The number of carbonyl (C=O) groups excluding carboxylic acids is 1. The lowest BCUT2D eigenvalue weighted by Crippen LogP contribution is -2.24. The third-order valence-electron chi connectivity index (χ3n) is 2.60. The first-order valence-corrected chi connectivity index (χ1v) is 7.20. The highest BCUT2D eigenvalue weighted by Gasteiger charge is 2.19. The number of ether oxygens (including phenoxy) is 1. The van der Waals surface area contributed by atoms with Gasteiger partial charge in [0.1, 0.15) is 5.60 Å². The van der Waals surface area contributed by atoms with Crippen molar-refractivity contribution in [2.45, 2.75) is 37.7 Å². The van der Waals surface area contributed by atoms with Crippen molar-refractivity contribution in [2.75, 3.05) is 0 Å². The fourth-order valence-corrected chi connectivity index (χ4v) is 2.59. The van der Waals surface area contributed by atoms with E-state index in [0.717, 1.165) is 10.5 Å². The molecular weight excluding hydrogens is 272 g/mol. The highest BCUT2D eigenvalue weighted by molar-refractivity contribution is 7.97. The molecule has 0 unspecified atom stereocenters. The van der Waals surface area contributed by atoms with Crippen LogP contribution in [0.2, 0.25) is 0 Å². The van der Waals surface area contributed by atoms with E-state index in [-0.39, 0.29) is 0 Å². The summed E-state index contributed by atoms with van der Waals surface area (Å²) in [5.74, 6) is -0.434. The first-order valence-electron chi connectivity index (χ1n) is 6.38. The molecule has 0 fully saturated rings. The number of benzene rings is 1.